The molecule has 1 saturated heterocycles. The molecule has 2 heterocycles. The fourth-order valence-corrected chi connectivity index (χ4v) is 4.31. The smallest absolute Gasteiger partial charge is 0.263 e. The van der Waals surface area contributed by atoms with E-state index in [1.165, 1.54) is 11.3 Å². The molecule has 1 N–H and O–H groups in total. The number of benzene rings is 1. The molecule has 2 atom stereocenters. The van der Waals surface area contributed by atoms with Gasteiger partial charge in [-0.05, 0) is 35.9 Å². The van der Waals surface area contributed by atoms with E-state index in [1.807, 2.05) is 41.8 Å². The van der Waals surface area contributed by atoms with Crippen molar-refractivity contribution in [2.75, 3.05) is 20.2 Å². The molecule has 1 aromatic carbocycles. The highest BCUT2D eigenvalue weighted by Crippen LogP contribution is 2.38. The molecule has 0 unspecified atom stereocenters. The third-order valence-electron chi connectivity index (χ3n) is 5.14. The molecule has 0 radical (unpaired) electrons. The first-order valence-electron chi connectivity index (χ1n) is 8.93. The molecule has 2 amide bonds. The highest BCUT2D eigenvalue weighted by Gasteiger charge is 2.42. The summed E-state index contributed by atoms with van der Waals surface area (Å²) in [7, 11) is 1.64. The van der Waals surface area contributed by atoms with Crippen LogP contribution < -0.4 is 10.1 Å². The summed E-state index contributed by atoms with van der Waals surface area (Å²) in [6.07, 6.45) is 2.10. The monoisotopic (exact) mass is 370 g/mol. The molecule has 4 rings (SSSR count). The maximum absolute atomic E-state index is 12.8. The Hall–Kier alpha value is -2.34. The quantitative estimate of drug-likeness (QED) is 0.880. The maximum atomic E-state index is 12.8. The predicted molar refractivity (Wildman–Crippen MR) is 101 cm³/mol. The van der Waals surface area contributed by atoms with Gasteiger partial charge in [0, 0.05) is 25.0 Å². The van der Waals surface area contributed by atoms with E-state index in [9.17, 15) is 9.59 Å². The number of carbonyl (C=O) groups is 2. The topological polar surface area (TPSA) is 58.6 Å². The fraction of sp³-hybridized carbons (Fsp3) is 0.400. The lowest BCUT2D eigenvalue weighted by atomic mass is 9.87. The zero-order valence-corrected chi connectivity index (χ0v) is 15.5. The van der Waals surface area contributed by atoms with Crippen molar-refractivity contribution >= 4 is 23.2 Å². The number of likely N-dealkylation sites (tertiary alicyclic amines) is 1. The molecule has 2 fully saturated rings. The minimum absolute atomic E-state index is 0.00150. The van der Waals surface area contributed by atoms with Gasteiger partial charge in [-0.3, -0.25) is 9.59 Å². The Bertz CT molecular complexity index is 801. The van der Waals surface area contributed by atoms with Gasteiger partial charge in [0.2, 0.25) is 5.91 Å². The summed E-state index contributed by atoms with van der Waals surface area (Å²) in [4.78, 5) is 28.2. The van der Waals surface area contributed by atoms with Crippen LogP contribution in [0.2, 0.25) is 0 Å². The Morgan fingerprint density at radius 1 is 1.15 bits per heavy atom. The summed E-state index contributed by atoms with van der Waals surface area (Å²) in [6.45, 7) is 0.970. The number of para-hydroxylation sites is 1. The summed E-state index contributed by atoms with van der Waals surface area (Å²) in [5.41, 5.74) is 0.993. The van der Waals surface area contributed by atoms with Gasteiger partial charge in [-0.1, -0.05) is 24.3 Å². The van der Waals surface area contributed by atoms with Gasteiger partial charge in [-0.2, -0.15) is 0 Å². The molecule has 1 saturated carbocycles. The molecule has 2 aromatic rings. The second-order valence-corrected chi connectivity index (χ2v) is 7.87. The summed E-state index contributed by atoms with van der Waals surface area (Å²) >= 11 is 1.44. The van der Waals surface area contributed by atoms with Crippen molar-refractivity contribution in [1.29, 1.82) is 0 Å². The van der Waals surface area contributed by atoms with Crippen LogP contribution in [-0.2, 0) is 4.79 Å². The number of nitrogens with zero attached hydrogens (tertiary/aromatic N) is 1. The van der Waals surface area contributed by atoms with Crippen LogP contribution in [0.3, 0.4) is 0 Å². The average Bonchev–Trinajstić information content (AvgIpc) is 3.16. The fourth-order valence-electron chi connectivity index (χ4n) is 3.62. The molecular formula is C20H22N2O3S. The van der Waals surface area contributed by atoms with Crippen molar-refractivity contribution in [2.45, 2.75) is 24.8 Å². The molecule has 1 aliphatic carbocycles. The lowest BCUT2D eigenvalue weighted by molar-refractivity contribution is -0.125. The third kappa shape index (κ3) is 3.33. The Kier molecular flexibility index (Phi) is 4.68. The van der Waals surface area contributed by atoms with Crippen LogP contribution in [-0.4, -0.2) is 43.0 Å². The van der Waals surface area contributed by atoms with E-state index >= 15 is 0 Å². The van der Waals surface area contributed by atoms with Crippen molar-refractivity contribution in [1.82, 2.24) is 10.2 Å². The van der Waals surface area contributed by atoms with E-state index in [0.29, 0.717) is 24.0 Å². The van der Waals surface area contributed by atoms with Crippen LogP contribution in [0.1, 0.15) is 34.0 Å². The lowest BCUT2D eigenvalue weighted by Gasteiger charge is -2.20. The van der Waals surface area contributed by atoms with Crippen molar-refractivity contribution < 1.29 is 14.3 Å². The van der Waals surface area contributed by atoms with Crippen LogP contribution in [0.5, 0.6) is 5.75 Å². The number of methoxy groups -OCH3 is 1. The van der Waals surface area contributed by atoms with Gasteiger partial charge in [-0.25, -0.2) is 0 Å². The van der Waals surface area contributed by atoms with E-state index in [-0.39, 0.29) is 23.7 Å². The van der Waals surface area contributed by atoms with Crippen molar-refractivity contribution in [3.05, 3.63) is 52.2 Å². The molecule has 136 valence electrons. The summed E-state index contributed by atoms with van der Waals surface area (Å²) in [5.74, 6) is 0.503. The van der Waals surface area contributed by atoms with Crippen LogP contribution in [0, 0.1) is 5.92 Å². The summed E-state index contributed by atoms with van der Waals surface area (Å²) in [6, 6.07) is 11.8. The molecule has 0 spiro atoms. The standard InChI is InChI=1S/C20H22N2O3S/c1-25-17-6-3-2-5-14(17)15-11-22(20(24)18-7-4-10-26-18)12-16(15)19(23)21-13-8-9-13/h2-7,10,13,15-16H,8-9,11-12H2,1H3,(H,21,23)/t15-,16+/m0/s1. The number of thiophene rings is 1. The van der Waals surface area contributed by atoms with Gasteiger partial charge in [0.15, 0.2) is 0 Å². The minimum atomic E-state index is -0.254. The zero-order valence-electron chi connectivity index (χ0n) is 14.7. The molecular weight excluding hydrogens is 348 g/mol. The number of hydrogen-bond donors (Lipinski definition) is 1. The maximum Gasteiger partial charge on any atom is 0.263 e. The second-order valence-electron chi connectivity index (χ2n) is 6.93. The van der Waals surface area contributed by atoms with Gasteiger partial charge >= 0.3 is 0 Å². The summed E-state index contributed by atoms with van der Waals surface area (Å²) in [5, 5.41) is 5.01. The highest BCUT2D eigenvalue weighted by molar-refractivity contribution is 7.12. The highest BCUT2D eigenvalue weighted by atomic mass is 32.1. The average molecular weight is 370 g/mol. The minimum Gasteiger partial charge on any atom is -0.496 e. The van der Waals surface area contributed by atoms with Gasteiger partial charge in [0.1, 0.15) is 5.75 Å². The molecule has 2 aliphatic rings. The van der Waals surface area contributed by atoms with E-state index in [1.54, 1.807) is 12.0 Å². The molecule has 1 aliphatic heterocycles. The SMILES string of the molecule is COc1ccccc1[C@@H]1CN(C(=O)c2cccs2)C[C@H]1C(=O)NC1CC1. The van der Waals surface area contributed by atoms with Crippen LogP contribution >= 0.6 is 11.3 Å². The van der Waals surface area contributed by atoms with Gasteiger partial charge in [0.05, 0.1) is 17.9 Å². The van der Waals surface area contributed by atoms with Crippen molar-refractivity contribution in [2.24, 2.45) is 5.92 Å². The zero-order chi connectivity index (χ0) is 18.1. The van der Waals surface area contributed by atoms with Gasteiger partial charge in [0.25, 0.3) is 5.91 Å². The van der Waals surface area contributed by atoms with E-state index in [4.69, 9.17) is 4.74 Å². The first-order chi connectivity index (χ1) is 12.7. The third-order valence-corrected chi connectivity index (χ3v) is 6.00. The molecule has 0 bridgehead atoms. The largest absolute Gasteiger partial charge is 0.496 e. The van der Waals surface area contributed by atoms with E-state index in [0.717, 1.165) is 24.2 Å². The summed E-state index contributed by atoms with van der Waals surface area (Å²) < 4.78 is 5.51. The van der Waals surface area contributed by atoms with E-state index < -0.39 is 0 Å². The first kappa shape index (κ1) is 17.1. The molecule has 5 nitrogen and oxygen atoms in total. The number of rotatable bonds is 5. The number of amides is 2. The number of ether oxygens (including phenoxy) is 1. The van der Waals surface area contributed by atoms with Crippen LogP contribution in [0.4, 0.5) is 0 Å². The molecule has 6 heteroatoms. The van der Waals surface area contributed by atoms with Crippen molar-refractivity contribution in [3.8, 4) is 5.75 Å². The van der Waals surface area contributed by atoms with Gasteiger partial charge < -0.3 is 15.0 Å². The Labute approximate surface area is 157 Å². The first-order valence-corrected chi connectivity index (χ1v) is 9.81. The Morgan fingerprint density at radius 3 is 2.65 bits per heavy atom. The van der Waals surface area contributed by atoms with Crippen LogP contribution in [0.25, 0.3) is 0 Å². The Balaban J connectivity index is 1.62. The Morgan fingerprint density at radius 2 is 1.96 bits per heavy atom. The van der Waals surface area contributed by atoms with E-state index in [2.05, 4.69) is 5.32 Å². The number of carbonyl (C=O) groups excluding carboxylic acids is 2. The number of nitrogens with one attached hydrogen (secondary N) is 1. The van der Waals surface area contributed by atoms with Gasteiger partial charge in [-0.15, -0.1) is 11.3 Å². The normalized spacial score (nSPS) is 22.3. The van der Waals surface area contributed by atoms with Crippen molar-refractivity contribution in [3.63, 3.8) is 0 Å². The lowest BCUT2D eigenvalue weighted by Crippen LogP contribution is -2.36. The predicted octanol–water partition coefficient (Wildman–Crippen LogP) is 2.89. The number of hydrogen-bond acceptors (Lipinski definition) is 4. The molecule has 26 heavy (non-hydrogen) atoms. The molecule has 1 aromatic heterocycles. The van der Waals surface area contributed by atoms with Crippen LogP contribution in [0.15, 0.2) is 41.8 Å². The second kappa shape index (κ2) is 7.11.